The Morgan fingerprint density at radius 3 is 2.84 bits per heavy atom. The Morgan fingerprint density at radius 2 is 2.21 bits per heavy atom. The first-order valence-electron chi connectivity index (χ1n) is 6.16. The van der Waals surface area contributed by atoms with Gasteiger partial charge in [-0.2, -0.15) is 5.26 Å². The van der Waals surface area contributed by atoms with E-state index >= 15 is 0 Å². The molecule has 0 spiro atoms. The van der Waals surface area contributed by atoms with E-state index < -0.39 is 0 Å². The Morgan fingerprint density at radius 1 is 1.42 bits per heavy atom. The van der Waals surface area contributed by atoms with E-state index in [1.807, 2.05) is 13.0 Å². The molecule has 0 N–H and O–H groups in total. The second-order valence-corrected chi connectivity index (χ2v) is 3.95. The predicted molar refractivity (Wildman–Crippen MR) is 72.8 cm³/mol. The summed E-state index contributed by atoms with van der Waals surface area (Å²) in [6.45, 7) is 2.02. The highest BCUT2D eigenvalue weighted by Gasteiger charge is 2.09. The molecule has 0 amide bonds. The number of ether oxygens (including phenoxy) is 2. The fourth-order valence-electron chi connectivity index (χ4n) is 1.50. The third-order valence-electron chi connectivity index (χ3n) is 2.50. The van der Waals surface area contributed by atoms with Crippen LogP contribution >= 0.6 is 0 Å². The van der Waals surface area contributed by atoms with Crippen molar-refractivity contribution in [3.8, 4) is 17.6 Å². The molecule has 1 aromatic carbocycles. The van der Waals surface area contributed by atoms with Gasteiger partial charge >= 0.3 is 5.97 Å². The number of allylic oxidation sites excluding steroid dienone is 1. The molecule has 0 aliphatic rings. The first-order valence-corrected chi connectivity index (χ1v) is 6.16. The van der Waals surface area contributed by atoms with Gasteiger partial charge in [0, 0.05) is 12.5 Å². The van der Waals surface area contributed by atoms with E-state index in [0.717, 1.165) is 18.4 Å². The van der Waals surface area contributed by atoms with E-state index in [1.54, 1.807) is 24.3 Å². The van der Waals surface area contributed by atoms with Gasteiger partial charge < -0.3 is 9.47 Å². The molecule has 0 atom stereocenters. The number of carbonyl (C=O) groups excluding carboxylic acids is 1. The molecule has 0 heterocycles. The number of hydrogen-bond donors (Lipinski definition) is 0. The highest BCUT2D eigenvalue weighted by Crippen LogP contribution is 2.29. The van der Waals surface area contributed by atoms with Gasteiger partial charge in [0.15, 0.2) is 11.5 Å². The van der Waals surface area contributed by atoms with Crippen LogP contribution in [0.5, 0.6) is 11.5 Å². The van der Waals surface area contributed by atoms with E-state index in [1.165, 1.54) is 13.2 Å². The number of esters is 1. The fraction of sp³-hybridized carbons (Fsp3) is 0.333. The Balaban J connectivity index is 2.81. The van der Waals surface area contributed by atoms with E-state index in [-0.39, 0.29) is 5.97 Å². The van der Waals surface area contributed by atoms with Gasteiger partial charge in [-0.15, -0.1) is 0 Å². The third kappa shape index (κ3) is 4.84. The minimum Gasteiger partial charge on any atom is -0.493 e. The van der Waals surface area contributed by atoms with Crippen molar-refractivity contribution in [2.45, 2.75) is 26.2 Å². The van der Waals surface area contributed by atoms with Crippen molar-refractivity contribution in [3.05, 3.63) is 29.8 Å². The number of benzene rings is 1. The fourth-order valence-corrected chi connectivity index (χ4v) is 1.50. The van der Waals surface area contributed by atoms with Crippen molar-refractivity contribution in [1.82, 2.24) is 0 Å². The summed E-state index contributed by atoms with van der Waals surface area (Å²) >= 11 is 0. The SMILES string of the molecule is CCCCC(=O)Oc1ccc(C=CC#N)cc1OC. The zero-order chi connectivity index (χ0) is 14.1. The molecule has 1 aromatic rings. The summed E-state index contributed by atoms with van der Waals surface area (Å²) in [6, 6.07) is 7.06. The number of methoxy groups -OCH3 is 1. The summed E-state index contributed by atoms with van der Waals surface area (Å²) in [7, 11) is 1.51. The molecule has 0 fully saturated rings. The van der Waals surface area contributed by atoms with Gasteiger partial charge in [0.1, 0.15) is 0 Å². The third-order valence-corrected chi connectivity index (χ3v) is 2.50. The highest BCUT2D eigenvalue weighted by atomic mass is 16.6. The number of nitrogens with zero attached hydrogens (tertiary/aromatic N) is 1. The van der Waals surface area contributed by atoms with Crippen LogP contribution in [0.3, 0.4) is 0 Å². The Kier molecular flexibility index (Phi) is 6.17. The summed E-state index contributed by atoms with van der Waals surface area (Å²) in [5.41, 5.74) is 0.812. The van der Waals surface area contributed by atoms with Crippen molar-refractivity contribution in [2.24, 2.45) is 0 Å². The molecule has 100 valence electrons. The van der Waals surface area contributed by atoms with E-state index in [9.17, 15) is 4.79 Å². The molecule has 19 heavy (non-hydrogen) atoms. The lowest BCUT2D eigenvalue weighted by Crippen LogP contribution is -2.08. The predicted octanol–water partition coefficient (Wildman–Crippen LogP) is 3.33. The molecule has 0 aromatic heterocycles. The van der Waals surface area contributed by atoms with Gasteiger partial charge in [-0.1, -0.05) is 19.4 Å². The van der Waals surface area contributed by atoms with E-state index in [2.05, 4.69) is 0 Å². The molecule has 0 aliphatic carbocycles. The normalized spacial score (nSPS) is 10.2. The van der Waals surface area contributed by atoms with Crippen LogP contribution in [0.15, 0.2) is 24.3 Å². The molecule has 0 unspecified atom stereocenters. The van der Waals surface area contributed by atoms with Gasteiger partial charge in [0.25, 0.3) is 0 Å². The molecular formula is C15H17NO3. The monoisotopic (exact) mass is 259 g/mol. The van der Waals surface area contributed by atoms with E-state index in [0.29, 0.717) is 17.9 Å². The molecule has 4 heteroatoms. The maximum absolute atomic E-state index is 11.6. The van der Waals surface area contributed by atoms with Crippen molar-refractivity contribution < 1.29 is 14.3 Å². The van der Waals surface area contributed by atoms with Gasteiger partial charge in [0.2, 0.25) is 0 Å². The molecular weight excluding hydrogens is 242 g/mol. The lowest BCUT2D eigenvalue weighted by Gasteiger charge is -2.09. The molecule has 0 saturated heterocycles. The lowest BCUT2D eigenvalue weighted by atomic mass is 10.2. The smallest absolute Gasteiger partial charge is 0.311 e. The van der Waals surface area contributed by atoms with Gasteiger partial charge in [0.05, 0.1) is 13.2 Å². The van der Waals surface area contributed by atoms with Crippen LogP contribution in [0, 0.1) is 11.3 Å². The topological polar surface area (TPSA) is 59.3 Å². The summed E-state index contributed by atoms with van der Waals surface area (Å²) in [5, 5.41) is 8.47. The Bertz CT molecular complexity index is 501. The van der Waals surface area contributed by atoms with Crippen LogP contribution in [0.4, 0.5) is 0 Å². The van der Waals surface area contributed by atoms with Crippen molar-refractivity contribution in [2.75, 3.05) is 7.11 Å². The van der Waals surface area contributed by atoms with Crippen LogP contribution in [0.1, 0.15) is 31.7 Å². The number of nitriles is 1. The molecule has 0 aliphatic heterocycles. The average Bonchev–Trinajstić information content (AvgIpc) is 2.43. The number of unbranched alkanes of at least 4 members (excludes halogenated alkanes) is 1. The maximum Gasteiger partial charge on any atom is 0.311 e. The first-order chi connectivity index (χ1) is 9.21. The minimum atomic E-state index is -0.263. The van der Waals surface area contributed by atoms with Crippen molar-refractivity contribution in [3.63, 3.8) is 0 Å². The van der Waals surface area contributed by atoms with E-state index in [4.69, 9.17) is 14.7 Å². The number of carbonyl (C=O) groups is 1. The molecule has 0 saturated carbocycles. The largest absolute Gasteiger partial charge is 0.493 e. The zero-order valence-corrected chi connectivity index (χ0v) is 11.2. The summed E-state index contributed by atoms with van der Waals surface area (Å²) in [6.07, 6.45) is 5.19. The minimum absolute atomic E-state index is 0.263. The van der Waals surface area contributed by atoms with Crippen LogP contribution in [0.2, 0.25) is 0 Å². The molecule has 1 rings (SSSR count). The van der Waals surface area contributed by atoms with Gasteiger partial charge in [-0.05, 0) is 30.2 Å². The van der Waals surface area contributed by atoms with Gasteiger partial charge in [-0.3, -0.25) is 4.79 Å². The Hall–Kier alpha value is -2.28. The maximum atomic E-state index is 11.6. The number of rotatable bonds is 6. The summed E-state index contributed by atoms with van der Waals surface area (Å²) in [4.78, 5) is 11.6. The second kappa shape index (κ2) is 7.93. The summed E-state index contributed by atoms with van der Waals surface area (Å²) in [5.74, 6) is 0.614. The molecule has 0 bridgehead atoms. The standard InChI is InChI=1S/C15H17NO3/c1-3-4-7-15(17)19-13-9-8-12(6-5-10-16)11-14(13)18-2/h5-6,8-9,11H,3-4,7H2,1-2H3. The van der Waals surface area contributed by atoms with Crippen molar-refractivity contribution in [1.29, 1.82) is 5.26 Å². The highest BCUT2D eigenvalue weighted by molar-refractivity contribution is 5.73. The average molecular weight is 259 g/mol. The molecule has 4 nitrogen and oxygen atoms in total. The van der Waals surface area contributed by atoms with Gasteiger partial charge in [-0.25, -0.2) is 0 Å². The first kappa shape index (κ1) is 14.8. The van der Waals surface area contributed by atoms with Crippen LogP contribution in [0.25, 0.3) is 6.08 Å². The second-order valence-electron chi connectivity index (χ2n) is 3.95. The zero-order valence-electron chi connectivity index (χ0n) is 11.2. The number of hydrogen-bond acceptors (Lipinski definition) is 4. The van der Waals surface area contributed by atoms with Crippen LogP contribution in [-0.4, -0.2) is 13.1 Å². The quantitative estimate of drug-likeness (QED) is 0.446. The van der Waals surface area contributed by atoms with Crippen molar-refractivity contribution >= 4 is 12.0 Å². The lowest BCUT2D eigenvalue weighted by molar-refractivity contribution is -0.134. The molecule has 0 radical (unpaired) electrons. The summed E-state index contributed by atoms with van der Waals surface area (Å²) < 4.78 is 10.4. The van der Waals surface area contributed by atoms with Crippen LogP contribution < -0.4 is 9.47 Å². The van der Waals surface area contributed by atoms with Crippen LogP contribution in [-0.2, 0) is 4.79 Å². The Labute approximate surface area is 113 Å².